The zero-order valence-electron chi connectivity index (χ0n) is 21.2. The molecule has 0 saturated heterocycles. The standard InChI is InChI=1S/C28H29F3N2O4/c1-5-6-13-37-23-18-12-11-17(28(29,30)31)14-21(18)26(36)33(16-27(2,3)4)22(23)15-32-24(34)19-9-7-8-10-20(19)25(32)35/h7-12,14H,5-6,13,15-16H2,1-4H3. The number of rotatable bonds is 7. The molecule has 0 N–H and O–H groups in total. The van der Waals surface area contributed by atoms with Crippen LogP contribution in [0.2, 0.25) is 0 Å². The summed E-state index contributed by atoms with van der Waals surface area (Å²) in [6, 6.07) is 9.44. The molecular formula is C28H29F3N2O4. The van der Waals surface area contributed by atoms with Gasteiger partial charge in [-0.05, 0) is 42.2 Å². The van der Waals surface area contributed by atoms with E-state index < -0.39 is 34.5 Å². The fourth-order valence-electron chi connectivity index (χ4n) is 4.45. The van der Waals surface area contributed by atoms with Crippen molar-refractivity contribution in [3.8, 4) is 5.75 Å². The van der Waals surface area contributed by atoms with Gasteiger partial charge in [0.1, 0.15) is 5.75 Å². The molecule has 2 heterocycles. The van der Waals surface area contributed by atoms with E-state index in [1.54, 1.807) is 24.3 Å². The predicted octanol–water partition coefficient (Wildman–Crippen LogP) is 6.04. The fraction of sp³-hybridized carbons (Fsp3) is 0.393. The predicted molar refractivity (Wildman–Crippen MR) is 134 cm³/mol. The number of carbonyl (C=O) groups is 2. The van der Waals surface area contributed by atoms with E-state index in [-0.39, 0.29) is 53.0 Å². The highest BCUT2D eigenvalue weighted by molar-refractivity contribution is 6.21. The van der Waals surface area contributed by atoms with Gasteiger partial charge in [-0.2, -0.15) is 13.2 Å². The van der Waals surface area contributed by atoms with E-state index in [9.17, 15) is 27.6 Å². The molecule has 0 saturated carbocycles. The molecule has 2 aromatic carbocycles. The highest BCUT2D eigenvalue weighted by Crippen LogP contribution is 2.36. The van der Waals surface area contributed by atoms with Crippen molar-refractivity contribution in [3.05, 3.63) is 75.2 Å². The second-order valence-electron chi connectivity index (χ2n) is 10.4. The summed E-state index contributed by atoms with van der Waals surface area (Å²) in [6.45, 7) is 7.78. The molecule has 6 nitrogen and oxygen atoms in total. The lowest BCUT2D eigenvalue weighted by molar-refractivity contribution is -0.137. The van der Waals surface area contributed by atoms with Crippen molar-refractivity contribution in [2.24, 2.45) is 5.41 Å². The Labute approximate surface area is 212 Å². The maximum Gasteiger partial charge on any atom is 0.416 e. The number of hydrogen-bond donors (Lipinski definition) is 0. The van der Waals surface area contributed by atoms with Crippen molar-refractivity contribution in [1.82, 2.24) is 9.47 Å². The number of ether oxygens (including phenoxy) is 1. The van der Waals surface area contributed by atoms with Crippen LogP contribution in [0.25, 0.3) is 10.8 Å². The minimum Gasteiger partial charge on any atom is -0.491 e. The fourth-order valence-corrected chi connectivity index (χ4v) is 4.45. The molecule has 1 aliphatic rings. The van der Waals surface area contributed by atoms with Crippen LogP contribution < -0.4 is 10.3 Å². The van der Waals surface area contributed by atoms with E-state index in [4.69, 9.17) is 4.74 Å². The van der Waals surface area contributed by atoms with Crippen LogP contribution in [0.3, 0.4) is 0 Å². The first-order chi connectivity index (χ1) is 17.3. The van der Waals surface area contributed by atoms with Crippen molar-refractivity contribution in [1.29, 1.82) is 0 Å². The molecule has 2 amide bonds. The number of aromatic nitrogens is 1. The summed E-state index contributed by atoms with van der Waals surface area (Å²) in [5.41, 5.74) is -1.21. The molecule has 0 aliphatic carbocycles. The highest BCUT2D eigenvalue weighted by Gasteiger charge is 2.37. The monoisotopic (exact) mass is 514 g/mol. The summed E-state index contributed by atoms with van der Waals surface area (Å²) in [5, 5.41) is 0.0857. The van der Waals surface area contributed by atoms with Gasteiger partial charge in [0, 0.05) is 11.9 Å². The van der Waals surface area contributed by atoms with Gasteiger partial charge in [0.05, 0.1) is 40.9 Å². The van der Waals surface area contributed by atoms with Crippen LogP contribution >= 0.6 is 0 Å². The van der Waals surface area contributed by atoms with Crippen LogP contribution in [0.5, 0.6) is 5.75 Å². The minimum atomic E-state index is -4.63. The lowest BCUT2D eigenvalue weighted by Gasteiger charge is -2.27. The van der Waals surface area contributed by atoms with Crippen LogP contribution in [0.15, 0.2) is 47.3 Å². The number of nitrogens with zero attached hydrogens (tertiary/aromatic N) is 2. The molecule has 0 radical (unpaired) electrons. The Morgan fingerprint density at radius 1 is 0.892 bits per heavy atom. The van der Waals surface area contributed by atoms with Crippen molar-refractivity contribution in [2.45, 2.75) is 59.8 Å². The van der Waals surface area contributed by atoms with Crippen LogP contribution in [0, 0.1) is 5.41 Å². The summed E-state index contributed by atoms with van der Waals surface area (Å²) >= 11 is 0. The minimum absolute atomic E-state index is 0.128. The van der Waals surface area contributed by atoms with Crippen LogP contribution in [0.4, 0.5) is 13.2 Å². The first-order valence-electron chi connectivity index (χ1n) is 12.2. The van der Waals surface area contributed by atoms with Gasteiger partial charge >= 0.3 is 6.18 Å². The van der Waals surface area contributed by atoms with Gasteiger partial charge in [-0.25, -0.2) is 0 Å². The van der Waals surface area contributed by atoms with Gasteiger partial charge in [-0.15, -0.1) is 0 Å². The average Bonchev–Trinajstić information content (AvgIpc) is 3.06. The number of carbonyl (C=O) groups excluding carboxylic acids is 2. The Morgan fingerprint density at radius 2 is 1.51 bits per heavy atom. The smallest absolute Gasteiger partial charge is 0.416 e. The molecule has 0 fully saturated rings. The topological polar surface area (TPSA) is 68.6 Å². The largest absolute Gasteiger partial charge is 0.491 e. The third kappa shape index (κ3) is 5.12. The first-order valence-corrected chi connectivity index (χ1v) is 12.2. The van der Waals surface area contributed by atoms with E-state index in [0.29, 0.717) is 6.42 Å². The SMILES string of the molecule is CCCCOc1c(CN2C(=O)c3ccccc3C2=O)n(CC(C)(C)C)c(=O)c2cc(C(F)(F)F)ccc12. The molecule has 1 aromatic heterocycles. The summed E-state index contributed by atoms with van der Waals surface area (Å²) in [5.74, 6) is -0.789. The number of alkyl halides is 3. The van der Waals surface area contributed by atoms with Crippen molar-refractivity contribution < 1.29 is 27.5 Å². The maximum absolute atomic E-state index is 13.7. The zero-order chi connectivity index (χ0) is 27.1. The van der Waals surface area contributed by atoms with Gasteiger partial charge in [-0.3, -0.25) is 19.3 Å². The third-order valence-electron chi connectivity index (χ3n) is 6.22. The first kappa shape index (κ1) is 26.4. The zero-order valence-corrected chi connectivity index (χ0v) is 21.2. The normalized spacial score (nSPS) is 14.0. The maximum atomic E-state index is 13.7. The van der Waals surface area contributed by atoms with Gasteiger partial charge in [0.25, 0.3) is 17.4 Å². The molecule has 1 aliphatic heterocycles. The molecule has 0 unspecified atom stereocenters. The van der Waals surface area contributed by atoms with E-state index >= 15 is 0 Å². The third-order valence-corrected chi connectivity index (χ3v) is 6.22. The Balaban J connectivity index is 1.96. The average molecular weight is 515 g/mol. The Morgan fingerprint density at radius 3 is 2.05 bits per heavy atom. The summed E-state index contributed by atoms with van der Waals surface area (Å²) in [7, 11) is 0. The van der Waals surface area contributed by atoms with Gasteiger partial charge in [-0.1, -0.05) is 46.2 Å². The quantitative estimate of drug-likeness (QED) is 0.285. The number of fused-ring (bicyclic) bond motifs is 2. The molecule has 9 heteroatoms. The Hall–Kier alpha value is -3.62. The summed E-state index contributed by atoms with van der Waals surface area (Å²) in [6.07, 6.45) is -3.14. The molecule has 4 rings (SSSR count). The van der Waals surface area contributed by atoms with Crippen LogP contribution in [-0.2, 0) is 19.3 Å². The number of unbranched alkanes of at least 4 members (excludes halogenated alkanes) is 1. The molecule has 0 bridgehead atoms. The molecule has 0 spiro atoms. The molecule has 3 aromatic rings. The van der Waals surface area contributed by atoms with Gasteiger partial charge in [0.15, 0.2) is 0 Å². The second kappa shape index (κ2) is 9.68. The van der Waals surface area contributed by atoms with E-state index in [1.807, 2.05) is 27.7 Å². The Bertz CT molecular complexity index is 1400. The number of benzene rings is 2. The van der Waals surface area contributed by atoms with E-state index in [2.05, 4.69) is 0 Å². The Kier molecular flexibility index (Phi) is 6.92. The molecule has 196 valence electrons. The van der Waals surface area contributed by atoms with Crippen molar-refractivity contribution >= 4 is 22.6 Å². The molecule has 37 heavy (non-hydrogen) atoms. The number of imide groups is 1. The van der Waals surface area contributed by atoms with Crippen LogP contribution in [0.1, 0.15) is 72.5 Å². The number of hydrogen-bond acceptors (Lipinski definition) is 4. The van der Waals surface area contributed by atoms with Crippen LogP contribution in [-0.4, -0.2) is 27.9 Å². The van der Waals surface area contributed by atoms with Crippen molar-refractivity contribution in [2.75, 3.05) is 6.61 Å². The lowest BCUT2D eigenvalue weighted by Crippen LogP contribution is -2.36. The number of pyridine rings is 1. The van der Waals surface area contributed by atoms with Gasteiger partial charge in [0.2, 0.25) is 0 Å². The number of amides is 2. The molecule has 0 atom stereocenters. The van der Waals surface area contributed by atoms with E-state index in [1.165, 1.54) is 10.6 Å². The molecular weight excluding hydrogens is 485 g/mol. The van der Waals surface area contributed by atoms with Crippen molar-refractivity contribution in [3.63, 3.8) is 0 Å². The lowest BCUT2D eigenvalue weighted by atomic mass is 9.96. The second-order valence-corrected chi connectivity index (χ2v) is 10.4. The summed E-state index contributed by atoms with van der Waals surface area (Å²) in [4.78, 5) is 41.0. The van der Waals surface area contributed by atoms with E-state index in [0.717, 1.165) is 23.5 Å². The van der Waals surface area contributed by atoms with Gasteiger partial charge < -0.3 is 9.30 Å². The highest BCUT2D eigenvalue weighted by atomic mass is 19.4. The summed E-state index contributed by atoms with van der Waals surface area (Å²) < 4.78 is 48.0. The number of halogens is 3.